The van der Waals surface area contributed by atoms with Gasteiger partial charge in [0.05, 0.1) is 13.2 Å². The monoisotopic (exact) mass is 426 g/mol. The van der Waals surface area contributed by atoms with Crippen LogP contribution in [0.3, 0.4) is 0 Å². The van der Waals surface area contributed by atoms with E-state index in [1.54, 1.807) is 48.5 Å². The normalized spacial score (nSPS) is 10.1. The average Bonchev–Trinajstić information content (AvgIpc) is 2.73. The topological polar surface area (TPSA) is 80.3 Å². The van der Waals surface area contributed by atoms with E-state index in [2.05, 4.69) is 13.2 Å². The molecule has 0 N–H and O–H groups in total. The second kappa shape index (κ2) is 12.2. The highest BCUT2D eigenvalue weighted by molar-refractivity contribution is 5.66. The van der Waals surface area contributed by atoms with E-state index in [1.165, 1.54) is 0 Å². The molecule has 0 amide bonds. The van der Waals surface area contributed by atoms with Gasteiger partial charge in [-0.2, -0.15) is 0 Å². The number of hydrogen-bond acceptors (Lipinski definition) is 7. The number of ether oxygens (including phenoxy) is 5. The second-order valence-corrected chi connectivity index (χ2v) is 6.62. The van der Waals surface area contributed by atoms with Gasteiger partial charge in [0, 0.05) is 0 Å². The summed E-state index contributed by atoms with van der Waals surface area (Å²) in [5.74, 6) is 0.745. The van der Waals surface area contributed by atoms with Gasteiger partial charge in [-0.1, -0.05) is 48.6 Å². The minimum atomic E-state index is -0.829. The zero-order valence-corrected chi connectivity index (χ0v) is 17.7. The van der Waals surface area contributed by atoms with Crippen molar-refractivity contribution in [1.29, 1.82) is 0 Å². The van der Waals surface area contributed by atoms with Crippen molar-refractivity contribution in [2.75, 3.05) is 26.4 Å². The maximum atomic E-state index is 11.6. The number of rotatable bonds is 10. The summed E-state index contributed by atoms with van der Waals surface area (Å²) < 4.78 is 25.2. The Labute approximate surface area is 181 Å². The Morgan fingerprint density at radius 2 is 1.00 bits per heavy atom. The molecule has 0 radical (unpaired) electrons. The highest BCUT2D eigenvalue weighted by atomic mass is 16.7. The molecule has 0 spiro atoms. The summed E-state index contributed by atoms with van der Waals surface area (Å²) in [4.78, 5) is 23.3. The van der Waals surface area contributed by atoms with E-state index in [9.17, 15) is 9.59 Å². The number of benzene rings is 2. The quantitative estimate of drug-likeness (QED) is 0.282. The van der Waals surface area contributed by atoms with E-state index >= 15 is 0 Å². The van der Waals surface area contributed by atoms with Crippen molar-refractivity contribution in [2.24, 2.45) is 0 Å². The predicted molar refractivity (Wildman–Crippen MR) is 117 cm³/mol. The molecule has 31 heavy (non-hydrogen) atoms. The third-order valence-corrected chi connectivity index (χ3v) is 3.99. The Hall–Kier alpha value is -3.58. The van der Waals surface area contributed by atoms with Crippen molar-refractivity contribution in [2.45, 2.75) is 13.8 Å². The maximum Gasteiger partial charge on any atom is 0.513 e. The first kappa shape index (κ1) is 23.7. The van der Waals surface area contributed by atoms with Crippen LogP contribution in [0.5, 0.6) is 11.5 Å². The molecule has 0 fully saturated rings. The van der Waals surface area contributed by atoms with Gasteiger partial charge in [-0.25, -0.2) is 9.59 Å². The van der Waals surface area contributed by atoms with Crippen molar-refractivity contribution < 1.29 is 33.3 Å². The van der Waals surface area contributed by atoms with Gasteiger partial charge in [-0.15, -0.1) is 0 Å². The number of carbonyl (C=O) groups is 2. The van der Waals surface area contributed by atoms with Crippen LogP contribution in [0.2, 0.25) is 0 Å². The second-order valence-electron chi connectivity index (χ2n) is 6.62. The summed E-state index contributed by atoms with van der Waals surface area (Å²) in [7, 11) is 0. The first-order chi connectivity index (χ1) is 14.8. The largest absolute Gasteiger partial charge is 0.513 e. The fraction of sp³-hybridized carbons (Fsp3) is 0.250. The van der Waals surface area contributed by atoms with Gasteiger partial charge in [-0.3, -0.25) is 0 Å². The molecule has 0 aliphatic carbocycles. The highest BCUT2D eigenvalue weighted by Crippen LogP contribution is 2.18. The smallest absolute Gasteiger partial charge is 0.432 e. The molecular formula is C24H26O7. The molecule has 2 aromatic rings. The third-order valence-electron chi connectivity index (χ3n) is 3.99. The lowest BCUT2D eigenvalue weighted by Crippen LogP contribution is -2.17. The molecule has 164 valence electrons. The van der Waals surface area contributed by atoms with Crippen molar-refractivity contribution in [3.8, 4) is 11.5 Å². The molecule has 7 heteroatoms. The Morgan fingerprint density at radius 1 is 0.645 bits per heavy atom. The molecule has 0 heterocycles. The van der Waals surface area contributed by atoms with E-state index in [0.717, 1.165) is 22.3 Å². The van der Waals surface area contributed by atoms with Crippen LogP contribution in [0.1, 0.15) is 25.0 Å². The Bertz CT molecular complexity index is 823. The molecule has 0 unspecified atom stereocenters. The molecule has 0 saturated carbocycles. The first-order valence-electron chi connectivity index (χ1n) is 9.64. The minimum Gasteiger partial charge on any atom is -0.432 e. The maximum absolute atomic E-state index is 11.6. The van der Waals surface area contributed by atoms with Crippen LogP contribution < -0.4 is 9.47 Å². The number of carbonyl (C=O) groups excluding carboxylic acids is 2. The van der Waals surface area contributed by atoms with E-state index in [0.29, 0.717) is 11.5 Å². The predicted octanol–water partition coefficient (Wildman–Crippen LogP) is 5.50. The van der Waals surface area contributed by atoms with Crippen LogP contribution in [0.15, 0.2) is 61.7 Å². The summed E-state index contributed by atoms with van der Waals surface area (Å²) in [6.45, 7) is 11.7. The fourth-order valence-corrected chi connectivity index (χ4v) is 2.34. The van der Waals surface area contributed by atoms with Gasteiger partial charge in [0.25, 0.3) is 0 Å². The van der Waals surface area contributed by atoms with Crippen molar-refractivity contribution >= 4 is 23.5 Å². The summed E-state index contributed by atoms with van der Waals surface area (Å²) in [5.41, 5.74) is 3.75. The van der Waals surface area contributed by atoms with Crippen LogP contribution >= 0.6 is 0 Å². The first-order valence-corrected chi connectivity index (χ1v) is 9.64. The zero-order valence-electron chi connectivity index (χ0n) is 17.7. The molecule has 0 aliphatic heterocycles. The van der Waals surface area contributed by atoms with Gasteiger partial charge in [0.2, 0.25) is 0 Å². The molecule has 2 aromatic carbocycles. The summed E-state index contributed by atoms with van der Waals surface area (Å²) in [5, 5.41) is 0. The molecule has 0 aromatic heterocycles. The lowest BCUT2D eigenvalue weighted by Gasteiger charge is -2.08. The zero-order chi connectivity index (χ0) is 22.6. The molecule has 0 aliphatic rings. The van der Waals surface area contributed by atoms with E-state index in [-0.39, 0.29) is 26.4 Å². The SMILES string of the molecule is C=C(C)c1ccc(OC(=O)OCCOCCOC(=O)Oc2ccc(C(=C)C)cc2)cc1. The molecule has 0 atom stereocenters. The van der Waals surface area contributed by atoms with Crippen LogP contribution in [-0.4, -0.2) is 38.7 Å². The Balaban J connectivity index is 1.53. The Morgan fingerprint density at radius 3 is 1.32 bits per heavy atom. The third kappa shape index (κ3) is 8.76. The fourth-order valence-electron chi connectivity index (χ4n) is 2.34. The summed E-state index contributed by atoms with van der Waals surface area (Å²) in [6.07, 6.45) is -1.66. The molecule has 2 rings (SSSR count). The Kier molecular flexibility index (Phi) is 9.32. The van der Waals surface area contributed by atoms with Crippen molar-refractivity contribution in [3.63, 3.8) is 0 Å². The standard InChI is InChI=1S/C24H26O7/c1-17(2)19-5-9-21(10-6-19)30-23(25)28-15-13-27-14-16-29-24(26)31-22-11-7-20(8-12-22)18(3)4/h5-12H,1,3,13-16H2,2,4H3. The van der Waals surface area contributed by atoms with Gasteiger partial charge in [-0.05, 0) is 49.2 Å². The lowest BCUT2D eigenvalue weighted by molar-refractivity contribution is 0.0267. The van der Waals surface area contributed by atoms with Crippen LogP contribution in [-0.2, 0) is 14.2 Å². The number of hydrogen-bond donors (Lipinski definition) is 0. The average molecular weight is 426 g/mol. The molecule has 7 nitrogen and oxygen atoms in total. The van der Waals surface area contributed by atoms with Gasteiger partial charge in [0.1, 0.15) is 24.7 Å². The van der Waals surface area contributed by atoms with Crippen LogP contribution in [0.25, 0.3) is 11.1 Å². The summed E-state index contributed by atoms with van der Waals surface area (Å²) in [6, 6.07) is 13.8. The highest BCUT2D eigenvalue weighted by Gasteiger charge is 2.08. The molecular weight excluding hydrogens is 400 g/mol. The van der Waals surface area contributed by atoms with Crippen molar-refractivity contribution in [1.82, 2.24) is 0 Å². The van der Waals surface area contributed by atoms with Crippen LogP contribution in [0.4, 0.5) is 9.59 Å². The van der Waals surface area contributed by atoms with Gasteiger partial charge >= 0.3 is 12.3 Å². The molecule has 0 bridgehead atoms. The van der Waals surface area contributed by atoms with E-state index in [4.69, 9.17) is 23.7 Å². The lowest BCUT2D eigenvalue weighted by atomic mass is 10.1. The van der Waals surface area contributed by atoms with Gasteiger partial charge < -0.3 is 23.7 Å². The molecule has 0 saturated heterocycles. The van der Waals surface area contributed by atoms with E-state index in [1.807, 2.05) is 13.8 Å². The van der Waals surface area contributed by atoms with Gasteiger partial charge in [0.15, 0.2) is 0 Å². The number of allylic oxidation sites excluding steroid dienone is 2. The van der Waals surface area contributed by atoms with Crippen molar-refractivity contribution in [3.05, 3.63) is 72.8 Å². The van der Waals surface area contributed by atoms with E-state index < -0.39 is 12.3 Å². The van der Waals surface area contributed by atoms with Crippen LogP contribution in [0, 0.1) is 0 Å². The summed E-state index contributed by atoms with van der Waals surface area (Å²) >= 11 is 0. The minimum absolute atomic E-state index is 0.00218.